The molecule has 2 aliphatic heterocycles. The van der Waals surface area contributed by atoms with Crippen molar-refractivity contribution in [2.75, 3.05) is 49.1 Å². The molecule has 0 amide bonds. The van der Waals surface area contributed by atoms with Gasteiger partial charge < -0.3 is 9.80 Å². The Hall–Kier alpha value is -2.62. The highest BCUT2D eigenvalue weighted by atomic mass is 15.2. The molecule has 2 aliphatic rings. The number of hydrogen-bond acceptors (Lipinski definition) is 4. The molecule has 2 bridgehead atoms. The minimum absolute atomic E-state index is 0.819. The maximum absolute atomic E-state index is 4.64. The second-order valence-corrected chi connectivity index (χ2v) is 6.87. The lowest BCUT2D eigenvalue weighted by molar-refractivity contribution is 0.805. The lowest BCUT2D eigenvalue weighted by Gasteiger charge is -2.26. The fourth-order valence-electron chi connectivity index (χ4n) is 3.75. The number of rotatable bonds is 0. The van der Waals surface area contributed by atoms with Gasteiger partial charge in [0.25, 0.3) is 0 Å². The van der Waals surface area contributed by atoms with Gasteiger partial charge in [0.1, 0.15) is 0 Å². The van der Waals surface area contributed by atoms with Gasteiger partial charge in [0.05, 0.1) is 0 Å². The molecular weight excluding hydrogens is 320 g/mol. The summed E-state index contributed by atoms with van der Waals surface area (Å²) in [7, 11) is 0. The number of fused-ring (bicyclic) bond motifs is 7. The van der Waals surface area contributed by atoms with Gasteiger partial charge in [0.15, 0.2) is 0 Å². The first kappa shape index (κ1) is 16.8. The van der Waals surface area contributed by atoms with Crippen molar-refractivity contribution in [1.29, 1.82) is 0 Å². The lowest BCUT2D eigenvalue weighted by atomic mass is 10.1. The standard InChI is InChI=1S/C22H26N4/c1-3-9-21-19(7-1)17-23-11-5-12-24-18-20-8-2-4-10-22(20)26-14-6-13-25(21)15-16-26/h1-4,7-10,17-18H,5-6,11-16H2. The monoisotopic (exact) mass is 346 g/mol. The Morgan fingerprint density at radius 3 is 1.62 bits per heavy atom. The van der Waals surface area contributed by atoms with Crippen LogP contribution in [0.1, 0.15) is 24.0 Å². The van der Waals surface area contributed by atoms with Crippen LogP contribution in [-0.2, 0) is 0 Å². The van der Waals surface area contributed by atoms with E-state index in [-0.39, 0.29) is 0 Å². The Kier molecular flexibility index (Phi) is 5.29. The zero-order valence-electron chi connectivity index (χ0n) is 15.2. The van der Waals surface area contributed by atoms with E-state index in [1.807, 2.05) is 12.4 Å². The second-order valence-electron chi connectivity index (χ2n) is 6.87. The Labute approximate surface area is 155 Å². The van der Waals surface area contributed by atoms with Gasteiger partial charge in [-0.15, -0.1) is 0 Å². The van der Waals surface area contributed by atoms with Crippen LogP contribution in [0.25, 0.3) is 0 Å². The maximum atomic E-state index is 4.64. The number of aliphatic imine (C=N–C) groups is 2. The summed E-state index contributed by atoms with van der Waals surface area (Å²) in [6.07, 6.45) is 6.20. The van der Waals surface area contributed by atoms with Crippen molar-refractivity contribution < 1.29 is 0 Å². The molecular formula is C22H26N4. The van der Waals surface area contributed by atoms with E-state index in [1.54, 1.807) is 0 Å². The van der Waals surface area contributed by atoms with E-state index in [1.165, 1.54) is 22.5 Å². The SMILES string of the molecule is C1=NCCCN=Cc2ccccc2N2CCCN(CC2)c2ccccc21. The van der Waals surface area contributed by atoms with Crippen molar-refractivity contribution in [2.24, 2.45) is 9.98 Å². The summed E-state index contributed by atoms with van der Waals surface area (Å²) < 4.78 is 0. The van der Waals surface area contributed by atoms with Crippen LogP contribution >= 0.6 is 0 Å². The summed E-state index contributed by atoms with van der Waals surface area (Å²) in [6.45, 7) is 5.85. The molecule has 1 saturated heterocycles. The van der Waals surface area contributed by atoms with E-state index < -0.39 is 0 Å². The van der Waals surface area contributed by atoms with Gasteiger partial charge in [-0.3, -0.25) is 9.98 Å². The minimum Gasteiger partial charge on any atom is -0.369 e. The summed E-state index contributed by atoms with van der Waals surface area (Å²) in [5, 5.41) is 0. The lowest BCUT2D eigenvalue weighted by Crippen LogP contribution is -2.31. The Bertz CT molecular complexity index is 731. The fourth-order valence-corrected chi connectivity index (χ4v) is 3.75. The highest BCUT2D eigenvalue weighted by Gasteiger charge is 2.18. The maximum Gasteiger partial charge on any atom is 0.0455 e. The average Bonchev–Trinajstić information content (AvgIpc) is 2.93. The van der Waals surface area contributed by atoms with Gasteiger partial charge in [0, 0.05) is 74.2 Å². The normalized spacial score (nSPS) is 17.8. The number of anilines is 2. The van der Waals surface area contributed by atoms with Crippen LogP contribution in [0.15, 0.2) is 58.5 Å². The molecule has 0 spiro atoms. The smallest absolute Gasteiger partial charge is 0.0455 e. The van der Waals surface area contributed by atoms with Crippen molar-refractivity contribution in [2.45, 2.75) is 12.8 Å². The summed E-state index contributed by atoms with van der Waals surface area (Å²) in [5.74, 6) is 0. The predicted octanol–water partition coefficient (Wildman–Crippen LogP) is 3.64. The molecule has 2 aromatic rings. The molecule has 1 fully saturated rings. The van der Waals surface area contributed by atoms with Crippen molar-refractivity contribution in [3.05, 3.63) is 59.7 Å². The molecule has 0 saturated carbocycles. The highest BCUT2D eigenvalue weighted by Crippen LogP contribution is 2.24. The molecule has 26 heavy (non-hydrogen) atoms. The van der Waals surface area contributed by atoms with Crippen molar-refractivity contribution in [3.8, 4) is 0 Å². The number of nitrogens with zero attached hydrogens (tertiary/aromatic N) is 4. The van der Waals surface area contributed by atoms with Crippen LogP contribution in [-0.4, -0.2) is 51.7 Å². The molecule has 0 radical (unpaired) electrons. The van der Waals surface area contributed by atoms with E-state index in [9.17, 15) is 0 Å². The molecule has 4 rings (SSSR count). The average molecular weight is 346 g/mol. The molecule has 0 N–H and O–H groups in total. The summed E-state index contributed by atoms with van der Waals surface area (Å²) in [5.41, 5.74) is 5.05. The molecule has 0 atom stereocenters. The van der Waals surface area contributed by atoms with Gasteiger partial charge in [-0.25, -0.2) is 0 Å². The molecule has 4 nitrogen and oxygen atoms in total. The predicted molar refractivity (Wildman–Crippen MR) is 111 cm³/mol. The number of hydrogen-bond donors (Lipinski definition) is 0. The number of benzene rings is 2. The minimum atomic E-state index is 0.819. The largest absolute Gasteiger partial charge is 0.369 e. The zero-order valence-corrected chi connectivity index (χ0v) is 15.2. The van der Waals surface area contributed by atoms with Crippen LogP contribution in [0.5, 0.6) is 0 Å². The first-order chi connectivity index (χ1) is 12.9. The number of para-hydroxylation sites is 2. The zero-order chi connectivity index (χ0) is 17.6. The molecule has 2 heterocycles. The Morgan fingerprint density at radius 2 is 1.08 bits per heavy atom. The molecule has 4 heteroatoms. The summed E-state index contributed by atoms with van der Waals surface area (Å²) >= 11 is 0. The van der Waals surface area contributed by atoms with Gasteiger partial charge >= 0.3 is 0 Å². The van der Waals surface area contributed by atoms with Crippen LogP contribution in [0, 0.1) is 0 Å². The van der Waals surface area contributed by atoms with E-state index in [2.05, 4.69) is 68.3 Å². The molecule has 134 valence electrons. The Balaban J connectivity index is 1.69. The van der Waals surface area contributed by atoms with E-state index >= 15 is 0 Å². The van der Waals surface area contributed by atoms with Crippen molar-refractivity contribution in [1.82, 2.24) is 0 Å². The van der Waals surface area contributed by atoms with Gasteiger partial charge in [-0.2, -0.15) is 0 Å². The van der Waals surface area contributed by atoms with Crippen LogP contribution in [0.4, 0.5) is 11.4 Å². The highest BCUT2D eigenvalue weighted by molar-refractivity contribution is 5.89. The van der Waals surface area contributed by atoms with Gasteiger partial charge in [-0.05, 0) is 25.0 Å². The molecule has 2 aromatic carbocycles. The first-order valence-corrected chi connectivity index (χ1v) is 9.59. The van der Waals surface area contributed by atoms with Gasteiger partial charge in [0.2, 0.25) is 0 Å². The summed E-state index contributed by atoms with van der Waals surface area (Å²) in [6, 6.07) is 17.3. The summed E-state index contributed by atoms with van der Waals surface area (Å²) in [4.78, 5) is 14.3. The second kappa shape index (κ2) is 8.17. The van der Waals surface area contributed by atoms with Crippen LogP contribution in [0.2, 0.25) is 0 Å². The first-order valence-electron chi connectivity index (χ1n) is 9.59. The third-order valence-electron chi connectivity index (χ3n) is 5.09. The third-order valence-corrected chi connectivity index (χ3v) is 5.09. The fraction of sp³-hybridized carbons (Fsp3) is 0.364. The van der Waals surface area contributed by atoms with Crippen LogP contribution in [0.3, 0.4) is 0 Å². The van der Waals surface area contributed by atoms with E-state index in [0.717, 1.165) is 52.1 Å². The van der Waals surface area contributed by atoms with Crippen molar-refractivity contribution >= 4 is 23.8 Å². The molecule has 0 unspecified atom stereocenters. The molecule has 0 aromatic heterocycles. The quantitative estimate of drug-likeness (QED) is 0.729. The molecule has 0 aliphatic carbocycles. The van der Waals surface area contributed by atoms with Gasteiger partial charge in [-0.1, -0.05) is 36.4 Å². The Morgan fingerprint density at radius 1 is 0.577 bits per heavy atom. The van der Waals surface area contributed by atoms with E-state index in [4.69, 9.17) is 0 Å². The van der Waals surface area contributed by atoms with Crippen molar-refractivity contribution in [3.63, 3.8) is 0 Å². The van der Waals surface area contributed by atoms with E-state index in [0.29, 0.717) is 0 Å². The third kappa shape index (κ3) is 3.79. The van der Waals surface area contributed by atoms with Crippen LogP contribution < -0.4 is 9.80 Å². The topological polar surface area (TPSA) is 31.2 Å².